The molecule has 4 atom stereocenters. The molecule has 2 aliphatic rings. The van der Waals surface area contributed by atoms with Crippen molar-refractivity contribution in [3.63, 3.8) is 0 Å². The van der Waals surface area contributed by atoms with Crippen molar-refractivity contribution in [3.8, 4) is 0 Å². The average Bonchev–Trinajstić information content (AvgIpc) is 3.46. The van der Waals surface area contributed by atoms with Gasteiger partial charge < -0.3 is 10.5 Å². The Balaban J connectivity index is 1.48. The van der Waals surface area contributed by atoms with E-state index >= 15 is 0 Å². The summed E-state index contributed by atoms with van der Waals surface area (Å²) in [5.74, 6) is -0.722. The van der Waals surface area contributed by atoms with Crippen molar-refractivity contribution in [3.05, 3.63) is 71.8 Å². The fraction of sp³-hybridized carbons (Fsp3) is 0.545. The van der Waals surface area contributed by atoms with Crippen LogP contribution in [0.1, 0.15) is 82.4 Å². The summed E-state index contributed by atoms with van der Waals surface area (Å²) in [5, 5.41) is 0. The Morgan fingerprint density at radius 1 is 0.950 bits per heavy atom. The van der Waals surface area contributed by atoms with E-state index in [4.69, 9.17) is 10.5 Å². The molecule has 1 saturated heterocycles. The van der Waals surface area contributed by atoms with Crippen molar-refractivity contribution in [1.29, 1.82) is 0 Å². The van der Waals surface area contributed by atoms with Gasteiger partial charge in [-0.3, -0.25) is 24.2 Å². The van der Waals surface area contributed by atoms with E-state index in [1.165, 1.54) is 11.3 Å². The Labute approximate surface area is 239 Å². The van der Waals surface area contributed by atoms with Gasteiger partial charge in [0, 0.05) is 5.92 Å². The molecule has 2 aromatic carbocycles. The number of likely N-dealkylation sites (tertiary alicyclic amines) is 1. The molecule has 7 heteroatoms. The van der Waals surface area contributed by atoms with Crippen LogP contribution in [-0.2, 0) is 25.7 Å². The van der Waals surface area contributed by atoms with Crippen LogP contribution in [0.3, 0.4) is 0 Å². The third-order valence-corrected chi connectivity index (χ3v) is 8.70. The highest BCUT2D eigenvalue weighted by Crippen LogP contribution is 2.37. The van der Waals surface area contributed by atoms with E-state index < -0.39 is 12.1 Å². The molecule has 0 aromatic heterocycles. The standard InChI is InChI=1S/C33H45N3O4/c1-3-24(2)30(34)33(39)36(22-25-14-7-4-8-15-25)32(38)28-20-13-21-35(28)23-29(37)40-31(26-16-9-5-10-17-26)27-18-11-6-12-19-27/h4-5,7-10,14-17,24,27-28,30-31H,3,6,11-13,18-23,34H2,1-2H3/t24-,28-,30-,31?/m0/s1. The molecule has 1 aliphatic heterocycles. The minimum Gasteiger partial charge on any atom is -0.456 e. The summed E-state index contributed by atoms with van der Waals surface area (Å²) in [6.45, 7) is 4.71. The van der Waals surface area contributed by atoms with Gasteiger partial charge in [0.15, 0.2) is 0 Å². The molecule has 2 N–H and O–H groups in total. The first-order valence-electron chi connectivity index (χ1n) is 15.0. The molecule has 2 aromatic rings. The van der Waals surface area contributed by atoms with Crippen LogP contribution in [-0.4, -0.2) is 52.8 Å². The fourth-order valence-corrected chi connectivity index (χ4v) is 6.04. The summed E-state index contributed by atoms with van der Waals surface area (Å²) in [5.41, 5.74) is 8.21. The number of amides is 2. The van der Waals surface area contributed by atoms with Crippen molar-refractivity contribution in [2.45, 2.75) is 89.9 Å². The van der Waals surface area contributed by atoms with E-state index in [1.54, 1.807) is 0 Å². The molecule has 216 valence electrons. The molecule has 0 spiro atoms. The lowest BCUT2D eigenvalue weighted by molar-refractivity contribution is -0.156. The van der Waals surface area contributed by atoms with Crippen molar-refractivity contribution in [2.24, 2.45) is 17.6 Å². The molecule has 1 unspecified atom stereocenters. The summed E-state index contributed by atoms with van der Waals surface area (Å²) in [7, 11) is 0. The lowest BCUT2D eigenvalue weighted by Gasteiger charge is -2.33. The zero-order valence-corrected chi connectivity index (χ0v) is 24.0. The Morgan fingerprint density at radius 3 is 2.25 bits per heavy atom. The average molecular weight is 548 g/mol. The minimum absolute atomic E-state index is 0.0250. The Hall–Kier alpha value is -3.03. The van der Waals surface area contributed by atoms with Gasteiger partial charge in [0.2, 0.25) is 11.8 Å². The minimum atomic E-state index is -0.764. The number of nitrogens with zero attached hydrogens (tertiary/aromatic N) is 2. The zero-order chi connectivity index (χ0) is 28.5. The second-order valence-corrected chi connectivity index (χ2v) is 11.5. The molecule has 2 fully saturated rings. The van der Waals surface area contributed by atoms with Gasteiger partial charge >= 0.3 is 5.97 Å². The number of hydrogen-bond acceptors (Lipinski definition) is 6. The lowest BCUT2D eigenvalue weighted by atomic mass is 9.82. The van der Waals surface area contributed by atoms with Crippen molar-refractivity contribution in [2.75, 3.05) is 13.1 Å². The van der Waals surface area contributed by atoms with E-state index in [1.807, 2.05) is 79.4 Å². The van der Waals surface area contributed by atoms with Crippen LogP contribution in [0.25, 0.3) is 0 Å². The van der Waals surface area contributed by atoms with Crippen molar-refractivity contribution in [1.82, 2.24) is 9.80 Å². The largest absolute Gasteiger partial charge is 0.456 e. The van der Waals surface area contributed by atoms with Crippen LogP contribution >= 0.6 is 0 Å². The lowest BCUT2D eigenvalue weighted by Crippen LogP contribution is -2.54. The summed E-state index contributed by atoms with van der Waals surface area (Å²) in [6.07, 6.45) is 7.45. The number of esters is 1. The van der Waals surface area contributed by atoms with Crippen LogP contribution in [0.4, 0.5) is 0 Å². The first-order valence-corrected chi connectivity index (χ1v) is 15.0. The van der Waals surface area contributed by atoms with Gasteiger partial charge in [-0.15, -0.1) is 0 Å². The normalized spacial score (nSPS) is 20.4. The smallest absolute Gasteiger partial charge is 0.320 e. The quantitative estimate of drug-likeness (QED) is 0.387. The number of imide groups is 1. The molecule has 1 heterocycles. The van der Waals surface area contributed by atoms with Crippen LogP contribution in [0, 0.1) is 11.8 Å². The Morgan fingerprint density at radius 2 is 1.60 bits per heavy atom. The highest BCUT2D eigenvalue weighted by molar-refractivity contribution is 6.00. The molecular weight excluding hydrogens is 502 g/mol. The first-order chi connectivity index (χ1) is 19.4. The molecule has 7 nitrogen and oxygen atoms in total. The highest BCUT2D eigenvalue weighted by atomic mass is 16.5. The fourth-order valence-electron chi connectivity index (χ4n) is 6.04. The molecule has 0 radical (unpaired) electrons. The van der Waals surface area contributed by atoms with Crippen LogP contribution in [0.15, 0.2) is 60.7 Å². The number of hydrogen-bond donors (Lipinski definition) is 1. The van der Waals surface area contributed by atoms with Gasteiger partial charge in [-0.25, -0.2) is 0 Å². The van der Waals surface area contributed by atoms with E-state index in [0.717, 1.165) is 49.7 Å². The maximum absolute atomic E-state index is 13.9. The molecule has 0 bridgehead atoms. The predicted molar refractivity (Wildman–Crippen MR) is 156 cm³/mol. The topological polar surface area (TPSA) is 92.9 Å². The number of benzene rings is 2. The second-order valence-electron chi connectivity index (χ2n) is 11.5. The van der Waals surface area contributed by atoms with E-state index in [9.17, 15) is 14.4 Å². The van der Waals surface area contributed by atoms with E-state index in [2.05, 4.69) is 0 Å². The van der Waals surface area contributed by atoms with E-state index in [0.29, 0.717) is 18.9 Å². The second kappa shape index (κ2) is 14.6. The predicted octanol–water partition coefficient (Wildman–Crippen LogP) is 5.24. The monoisotopic (exact) mass is 547 g/mol. The van der Waals surface area contributed by atoms with Crippen molar-refractivity contribution >= 4 is 17.8 Å². The van der Waals surface area contributed by atoms with Gasteiger partial charge in [0.05, 0.1) is 25.2 Å². The summed E-state index contributed by atoms with van der Waals surface area (Å²) >= 11 is 0. The maximum atomic E-state index is 13.9. The van der Waals surface area contributed by atoms with Gasteiger partial charge in [-0.2, -0.15) is 0 Å². The summed E-state index contributed by atoms with van der Waals surface area (Å²) < 4.78 is 6.16. The number of carbonyl (C=O) groups excluding carboxylic acids is 3. The third-order valence-electron chi connectivity index (χ3n) is 8.70. The maximum Gasteiger partial charge on any atom is 0.320 e. The molecule has 40 heavy (non-hydrogen) atoms. The van der Waals surface area contributed by atoms with Crippen LogP contribution in [0.2, 0.25) is 0 Å². The van der Waals surface area contributed by atoms with Gasteiger partial charge in [0.1, 0.15) is 6.10 Å². The Kier molecular flexibility index (Phi) is 10.9. The Bertz CT molecular complexity index is 1100. The molecular formula is C33H45N3O4. The highest BCUT2D eigenvalue weighted by Gasteiger charge is 2.39. The SMILES string of the molecule is CC[C@H](C)[C@H](N)C(=O)N(Cc1ccccc1)C(=O)[C@@H]1CCCN1CC(=O)OC(c1ccccc1)C1CCCCC1. The summed E-state index contributed by atoms with van der Waals surface area (Å²) in [6, 6.07) is 18.2. The van der Waals surface area contributed by atoms with Gasteiger partial charge in [-0.1, -0.05) is 100 Å². The number of nitrogens with two attached hydrogens (primary N) is 1. The summed E-state index contributed by atoms with van der Waals surface area (Å²) in [4.78, 5) is 44.0. The number of ether oxygens (including phenoxy) is 1. The number of carbonyl (C=O) groups is 3. The molecule has 2 amide bonds. The zero-order valence-electron chi connectivity index (χ0n) is 24.0. The van der Waals surface area contributed by atoms with Crippen LogP contribution in [0.5, 0.6) is 0 Å². The van der Waals surface area contributed by atoms with Gasteiger partial charge in [-0.05, 0) is 49.3 Å². The third kappa shape index (κ3) is 7.58. The van der Waals surface area contributed by atoms with E-state index in [-0.39, 0.29) is 42.9 Å². The molecule has 1 aliphatic carbocycles. The number of rotatable bonds is 11. The molecule has 4 rings (SSSR count). The van der Waals surface area contributed by atoms with Gasteiger partial charge in [0.25, 0.3) is 0 Å². The molecule has 1 saturated carbocycles. The first kappa shape index (κ1) is 29.9. The van der Waals surface area contributed by atoms with Crippen LogP contribution < -0.4 is 5.73 Å². The van der Waals surface area contributed by atoms with Crippen molar-refractivity contribution < 1.29 is 19.1 Å².